The fourth-order valence-electron chi connectivity index (χ4n) is 2.97. The van der Waals surface area contributed by atoms with Gasteiger partial charge >= 0.3 is 0 Å². The molecule has 0 saturated carbocycles. The van der Waals surface area contributed by atoms with E-state index in [2.05, 4.69) is 33.0 Å². The number of halogens is 1. The zero-order valence-electron chi connectivity index (χ0n) is 18.7. The first-order valence-electron chi connectivity index (χ1n) is 9.77. The molecule has 1 heterocycles. The molecular weight excluding hydrogens is 493 g/mol. The van der Waals surface area contributed by atoms with Crippen molar-refractivity contribution < 1.29 is 4.79 Å². The Balaban J connectivity index is 0.00000450. The minimum Gasteiger partial charge on any atom is -0.352 e. The van der Waals surface area contributed by atoms with Gasteiger partial charge in [0, 0.05) is 57.1 Å². The molecule has 1 amide bonds. The zero-order valence-corrected chi connectivity index (χ0v) is 21.1. The number of amides is 1. The highest BCUT2D eigenvalue weighted by Crippen LogP contribution is 2.11. The maximum absolute atomic E-state index is 12.3. The lowest BCUT2D eigenvalue weighted by atomic mass is 10.1. The highest BCUT2D eigenvalue weighted by atomic mass is 127. The van der Waals surface area contributed by atoms with Crippen molar-refractivity contribution in [2.45, 2.75) is 26.9 Å². The number of nitrogens with one attached hydrogen (secondary N) is 3. The molecule has 0 aliphatic heterocycles. The number of nitrogens with zero attached hydrogens (tertiary/aromatic N) is 4. The SMILES string of the molecule is CN=C(NCc1cccc(C(=O)NCCN(C)C)c1)NCc1c(C)nn(C)c1C.I. The van der Waals surface area contributed by atoms with Gasteiger partial charge in [0.25, 0.3) is 5.91 Å². The third-order valence-electron chi connectivity index (χ3n) is 4.81. The van der Waals surface area contributed by atoms with Crippen LogP contribution in [0.2, 0.25) is 0 Å². The number of hydrogen-bond acceptors (Lipinski definition) is 4. The van der Waals surface area contributed by atoms with Gasteiger partial charge in [-0.25, -0.2) is 0 Å². The van der Waals surface area contributed by atoms with Gasteiger partial charge in [-0.05, 0) is 45.6 Å². The number of rotatable bonds is 8. The maximum Gasteiger partial charge on any atom is 0.251 e. The topological polar surface area (TPSA) is 86.6 Å². The van der Waals surface area contributed by atoms with Gasteiger partial charge in [-0.15, -0.1) is 24.0 Å². The fourth-order valence-corrected chi connectivity index (χ4v) is 2.97. The molecule has 9 heteroatoms. The molecule has 1 aromatic carbocycles. The summed E-state index contributed by atoms with van der Waals surface area (Å²) in [6, 6.07) is 7.62. The Morgan fingerprint density at radius 2 is 1.87 bits per heavy atom. The second kappa shape index (κ2) is 12.5. The van der Waals surface area contributed by atoms with Crippen molar-refractivity contribution in [1.82, 2.24) is 30.6 Å². The number of carbonyl (C=O) groups excluding carboxylic acids is 1. The summed E-state index contributed by atoms with van der Waals surface area (Å²) in [6.07, 6.45) is 0. The lowest BCUT2D eigenvalue weighted by molar-refractivity contribution is 0.0951. The molecule has 0 aliphatic rings. The number of likely N-dealkylation sites (N-methyl/N-ethyl adjacent to an activating group) is 1. The number of benzene rings is 1. The molecule has 2 rings (SSSR count). The summed E-state index contributed by atoms with van der Waals surface area (Å²) in [6.45, 7) is 6.73. The van der Waals surface area contributed by atoms with Gasteiger partial charge in [-0.3, -0.25) is 14.5 Å². The molecule has 166 valence electrons. The average Bonchev–Trinajstić information content (AvgIpc) is 2.93. The van der Waals surface area contributed by atoms with Gasteiger partial charge in [0.1, 0.15) is 0 Å². The van der Waals surface area contributed by atoms with Crippen molar-refractivity contribution in [3.8, 4) is 0 Å². The summed E-state index contributed by atoms with van der Waals surface area (Å²) < 4.78 is 1.89. The molecule has 0 aliphatic carbocycles. The molecule has 8 nitrogen and oxygen atoms in total. The van der Waals surface area contributed by atoms with Crippen LogP contribution in [0.5, 0.6) is 0 Å². The van der Waals surface area contributed by atoms with E-state index >= 15 is 0 Å². The van der Waals surface area contributed by atoms with Crippen molar-refractivity contribution in [2.24, 2.45) is 12.0 Å². The first-order valence-corrected chi connectivity index (χ1v) is 9.77. The smallest absolute Gasteiger partial charge is 0.251 e. The molecule has 0 radical (unpaired) electrons. The van der Waals surface area contributed by atoms with Crippen molar-refractivity contribution in [3.63, 3.8) is 0 Å². The van der Waals surface area contributed by atoms with Crippen LogP contribution in [0, 0.1) is 13.8 Å². The van der Waals surface area contributed by atoms with E-state index in [-0.39, 0.29) is 29.9 Å². The fraction of sp³-hybridized carbons (Fsp3) is 0.476. The summed E-state index contributed by atoms with van der Waals surface area (Å²) >= 11 is 0. The standard InChI is InChI=1S/C21H33N7O.HI/c1-15-19(16(2)28(6)26-15)14-25-21(22-3)24-13-17-8-7-9-18(12-17)20(29)23-10-11-27(4)5;/h7-9,12H,10-11,13-14H2,1-6H3,(H,23,29)(H2,22,24,25);1H. The van der Waals surface area contributed by atoms with Crippen molar-refractivity contribution in [3.05, 3.63) is 52.3 Å². The molecule has 3 N–H and O–H groups in total. The summed E-state index contributed by atoms with van der Waals surface area (Å²) in [7, 11) is 7.65. The van der Waals surface area contributed by atoms with Gasteiger partial charge in [0.15, 0.2) is 5.96 Å². The van der Waals surface area contributed by atoms with Crippen LogP contribution < -0.4 is 16.0 Å². The molecule has 0 unspecified atom stereocenters. The highest BCUT2D eigenvalue weighted by Gasteiger charge is 2.10. The monoisotopic (exact) mass is 527 g/mol. The summed E-state index contributed by atoms with van der Waals surface area (Å²) in [5.41, 5.74) is 5.00. The molecule has 0 spiro atoms. The van der Waals surface area contributed by atoms with E-state index in [1.165, 1.54) is 5.56 Å². The molecule has 0 fully saturated rings. The van der Waals surface area contributed by atoms with E-state index in [4.69, 9.17) is 0 Å². The summed E-state index contributed by atoms with van der Waals surface area (Å²) in [5.74, 6) is 0.646. The molecule has 0 atom stereocenters. The Morgan fingerprint density at radius 1 is 1.17 bits per heavy atom. The quantitative estimate of drug-likeness (QED) is 0.277. The van der Waals surface area contributed by atoms with E-state index in [0.29, 0.717) is 31.2 Å². The normalized spacial score (nSPS) is 11.2. The highest BCUT2D eigenvalue weighted by molar-refractivity contribution is 14.0. The second-order valence-electron chi connectivity index (χ2n) is 7.31. The van der Waals surface area contributed by atoms with Gasteiger partial charge in [-0.2, -0.15) is 5.10 Å². The largest absolute Gasteiger partial charge is 0.352 e. The van der Waals surface area contributed by atoms with Gasteiger partial charge in [-0.1, -0.05) is 12.1 Å². The first kappa shape index (κ1) is 25.9. The van der Waals surface area contributed by atoms with Gasteiger partial charge in [0.05, 0.1) is 5.69 Å². The molecule has 2 aromatic rings. The number of hydrogen-bond donors (Lipinski definition) is 3. The van der Waals surface area contributed by atoms with Gasteiger partial charge < -0.3 is 20.9 Å². The predicted octanol–water partition coefficient (Wildman–Crippen LogP) is 1.81. The molecule has 0 saturated heterocycles. The molecular formula is C21H34IN7O. The lowest BCUT2D eigenvalue weighted by Gasteiger charge is -2.13. The Labute approximate surface area is 196 Å². The number of aromatic nitrogens is 2. The van der Waals surface area contributed by atoms with E-state index in [0.717, 1.165) is 23.5 Å². The van der Waals surface area contributed by atoms with Crippen molar-refractivity contribution >= 4 is 35.8 Å². The second-order valence-corrected chi connectivity index (χ2v) is 7.31. The minimum atomic E-state index is -0.0567. The first-order chi connectivity index (χ1) is 13.8. The Kier molecular flexibility index (Phi) is 10.8. The van der Waals surface area contributed by atoms with Crippen LogP contribution in [0.4, 0.5) is 0 Å². The number of aliphatic imine (C=N–C) groups is 1. The zero-order chi connectivity index (χ0) is 21.4. The van der Waals surface area contributed by atoms with Crippen LogP contribution in [0.15, 0.2) is 29.3 Å². The number of aryl methyl sites for hydroxylation is 2. The molecule has 0 bridgehead atoms. The minimum absolute atomic E-state index is 0. The Morgan fingerprint density at radius 3 is 2.47 bits per heavy atom. The third-order valence-corrected chi connectivity index (χ3v) is 4.81. The number of carbonyl (C=O) groups is 1. The Bertz CT molecular complexity index is 861. The molecule has 1 aromatic heterocycles. The van der Waals surface area contributed by atoms with Crippen LogP contribution in [0.3, 0.4) is 0 Å². The summed E-state index contributed by atoms with van der Waals surface area (Å²) in [5, 5.41) is 14.0. The molecule has 30 heavy (non-hydrogen) atoms. The average molecular weight is 527 g/mol. The maximum atomic E-state index is 12.3. The third kappa shape index (κ3) is 7.60. The number of guanidine groups is 1. The van der Waals surface area contributed by atoms with Crippen LogP contribution in [0.1, 0.15) is 32.9 Å². The Hall–Kier alpha value is -2.14. The van der Waals surface area contributed by atoms with E-state index in [1.54, 1.807) is 7.05 Å². The van der Waals surface area contributed by atoms with Crippen molar-refractivity contribution in [1.29, 1.82) is 0 Å². The van der Waals surface area contributed by atoms with Crippen LogP contribution in [0.25, 0.3) is 0 Å². The van der Waals surface area contributed by atoms with Crippen LogP contribution in [-0.4, -0.2) is 60.8 Å². The van der Waals surface area contributed by atoms with E-state index < -0.39 is 0 Å². The predicted molar refractivity (Wildman–Crippen MR) is 132 cm³/mol. The lowest BCUT2D eigenvalue weighted by Crippen LogP contribution is -2.36. The van der Waals surface area contributed by atoms with E-state index in [9.17, 15) is 4.79 Å². The van der Waals surface area contributed by atoms with Crippen LogP contribution >= 0.6 is 24.0 Å². The summed E-state index contributed by atoms with van der Waals surface area (Å²) in [4.78, 5) is 18.6. The van der Waals surface area contributed by atoms with E-state index in [1.807, 2.05) is 61.9 Å². The van der Waals surface area contributed by atoms with Crippen LogP contribution in [-0.2, 0) is 20.1 Å². The van der Waals surface area contributed by atoms with Gasteiger partial charge in [0.2, 0.25) is 0 Å². The van der Waals surface area contributed by atoms with Crippen molar-refractivity contribution in [2.75, 3.05) is 34.2 Å².